The normalized spacial score (nSPS) is 13.6. The number of benzene rings is 1. The van der Waals surface area contributed by atoms with Gasteiger partial charge in [-0.1, -0.05) is 6.07 Å². The van der Waals surface area contributed by atoms with Gasteiger partial charge in [-0.3, -0.25) is 0 Å². The summed E-state index contributed by atoms with van der Waals surface area (Å²) in [6.45, 7) is 2.86. The van der Waals surface area contributed by atoms with Gasteiger partial charge in [-0.25, -0.2) is 9.18 Å². The average molecular weight is 275 g/mol. The average Bonchev–Trinajstić information content (AvgIpc) is 2.94. The summed E-state index contributed by atoms with van der Waals surface area (Å²) in [5.74, 6) is -0.286. The van der Waals surface area contributed by atoms with Gasteiger partial charge in [-0.15, -0.1) is 0 Å². The monoisotopic (exact) mass is 275 g/mol. The molecule has 0 saturated carbocycles. The van der Waals surface area contributed by atoms with Crippen molar-refractivity contribution in [2.75, 3.05) is 11.4 Å². The predicted molar refractivity (Wildman–Crippen MR) is 71.6 cm³/mol. The summed E-state index contributed by atoms with van der Waals surface area (Å²) in [6.07, 6.45) is 0.862. The molecular weight excluding hydrogens is 261 g/mol. The van der Waals surface area contributed by atoms with Crippen LogP contribution >= 0.6 is 0 Å². The Balaban J connectivity index is 1.85. The lowest BCUT2D eigenvalue weighted by Gasteiger charge is -2.17. The summed E-state index contributed by atoms with van der Waals surface area (Å²) in [5, 5.41) is 9.01. The standard InChI is InChI=1S/C15H14FNO3/c1-9-13(15(18)19)7-12(20-9)8-17-5-4-10-2-3-11(16)6-14(10)17/h2-3,6-7H,4-5,8H2,1H3,(H,18,19). The Morgan fingerprint density at radius 3 is 2.95 bits per heavy atom. The Morgan fingerprint density at radius 1 is 1.45 bits per heavy atom. The van der Waals surface area contributed by atoms with Crippen LogP contribution in [0.2, 0.25) is 0 Å². The summed E-state index contributed by atoms with van der Waals surface area (Å²) >= 11 is 0. The lowest BCUT2D eigenvalue weighted by atomic mass is 10.2. The largest absolute Gasteiger partial charge is 0.478 e. The van der Waals surface area contributed by atoms with Crippen molar-refractivity contribution in [3.8, 4) is 0 Å². The minimum Gasteiger partial charge on any atom is -0.478 e. The number of aromatic carboxylic acids is 1. The van der Waals surface area contributed by atoms with Crippen LogP contribution in [0, 0.1) is 12.7 Å². The van der Waals surface area contributed by atoms with Crippen molar-refractivity contribution in [2.45, 2.75) is 19.9 Å². The molecule has 0 aliphatic carbocycles. The van der Waals surface area contributed by atoms with Gasteiger partial charge in [-0.05, 0) is 37.1 Å². The number of rotatable bonds is 3. The van der Waals surface area contributed by atoms with Crippen molar-refractivity contribution in [3.63, 3.8) is 0 Å². The van der Waals surface area contributed by atoms with Crippen LogP contribution in [0.3, 0.4) is 0 Å². The van der Waals surface area contributed by atoms with Gasteiger partial charge in [0.25, 0.3) is 0 Å². The highest BCUT2D eigenvalue weighted by molar-refractivity contribution is 5.88. The van der Waals surface area contributed by atoms with Gasteiger partial charge in [0.1, 0.15) is 22.9 Å². The number of furan rings is 1. The van der Waals surface area contributed by atoms with Crippen molar-refractivity contribution in [1.82, 2.24) is 0 Å². The Morgan fingerprint density at radius 2 is 2.25 bits per heavy atom. The number of halogens is 1. The number of carboxylic acid groups (broad SMARTS) is 1. The van der Waals surface area contributed by atoms with E-state index in [1.165, 1.54) is 18.2 Å². The smallest absolute Gasteiger partial charge is 0.339 e. The maximum absolute atomic E-state index is 13.3. The number of hydrogen-bond acceptors (Lipinski definition) is 3. The van der Waals surface area contributed by atoms with E-state index in [4.69, 9.17) is 9.52 Å². The third-order valence-corrected chi connectivity index (χ3v) is 3.59. The van der Waals surface area contributed by atoms with Crippen molar-refractivity contribution >= 4 is 11.7 Å². The first-order chi connectivity index (χ1) is 9.54. The fourth-order valence-corrected chi connectivity index (χ4v) is 2.60. The minimum atomic E-state index is -0.995. The Hall–Kier alpha value is -2.30. The van der Waals surface area contributed by atoms with Crippen molar-refractivity contribution in [2.24, 2.45) is 0 Å². The molecule has 1 aliphatic heterocycles. The molecule has 0 radical (unpaired) electrons. The lowest BCUT2D eigenvalue weighted by Crippen LogP contribution is -2.19. The maximum Gasteiger partial charge on any atom is 0.339 e. The molecule has 0 atom stereocenters. The third-order valence-electron chi connectivity index (χ3n) is 3.59. The first kappa shape index (κ1) is 12.7. The molecular formula is C15H14FNO3. The molecule has 4 nitrogen and oxygen atoms in total. The van der Waals surface area contributed by atoms with Gasteiger partial charge < -0.3 is 14.4 Å². The molecule has 0 unspecified atom stereocenters. The number of hydrogen-bond donors (Lipinski definition) is 1. The van der Waals surface area contributed by atoms with E-state index in [0.717, 1.165) is 24.2 Å². The highest BCUT2D eigenvalue weighted by Crippen LogP contribution is 2.30. The van der Waals surface area contributed by atoms with Crippen LogP contribution in [-0.4, -0.2) is 17.6 Å². The van der Waals surface area contributed by atoms with Crippen LogP contribution in [0.1, 0.15) is 27.4 Å². The molecule has 0 amide bonds. The van der Waals surface area contributed by atoms with E-state index in [-0.39, 0.29) is 11.4 Å². The summed E-state index contributed by atoms with van der Waals surface area (Å²) in [7, 11) is 0. The Labute approximate surface area is 115 Å². The molecule has 3 rings (SSSR count). The second-order valence-corrected chi connectivity index (χ2v) is 4.93. The van der Waals surface area contributed by atoms with E-state index < -0.39 is 5.97 Å². The van der Waals surface area contributed by atoms with Crippen LogP contribution in [-0.2, 0) is 13.0 Å². The van der Waals surface area contributed by atoms with Crippen LogP contribution in [0.25, 0.3) is 0 Å². The number of aryl methyl sites for hydroxylation is 1. The van der Waals surface area contributed by atoms with E-state index in [0.29, 0.717) is 18.1 Å². The van der Waals surface area contributed by atoms with Gasteiger partial charge in [-0.2, -0.15) is 0 Å². The van der Waals surface area contributed by atoms with Gasteiger partial charge in [0.2, 0.25) is 0 Å². The quantitative estimate of drug-likeness (QED) is 0.935. The van der Waals surface area contributed by atoms with Gasteiger partial charge in [0.05, 0.1) is 6.54 Å². The number of carbonyl (C=O) groups is 1. The van der Waals surface area contributed by atoms with Crippen LogP contribution < -0.4 is 4.90 Å². The Kier molecular flexibility index (Phi) is 2.97. The number of anilines is 1. The predicted octanol–water partition coefficient (Wildman–Crippen LogP) is 2.99. The highest BCUT2D eigenvalue weighted by Gasteiger charge is 2.22. The maximum atomic E-state index is 13.3. The summed E-state index contributed by atoms with van der Waals surface area (Å²) in [4.78, 5) is 13.0. The zero-order chi connectivity index (χ0) is 14.3. The van der Waals surface area contributed by atoms with Crippen molar-refractivity contribution in [1.29, 1.82) is 0 Å². The Bertz CT molecular complexity index is 678. The fraction of sp³-hybridized carbons (Fsp3) is 0.267. The zero-order valence-electron chi connectivity index (χ0n) is 11.0. The summed E-state index contributed by atoms with van der Waals surface area (Å²) < 4.78 is 18.8. The summed E-state index contributed by atoms with van der Waals surface area (Å²) in [6, 6.07) is 6.30. The lowest BCUT2D eigenvalue weighted by molar-refractivity contribution is 0.0695. The number of carboxylic acids is 1. The molecule has 1 aromatic heterocycles. The van der Waals surface area contributed by atoms with E-state index in [1.807, 2.05) is 4.90 Å². The van der Waals surface area contributed by atoms with Crippen LogP contribution in [0.15, 0.2) is 28.7 Å². The molecule has 1 N–H and O–H groups in total. The number of fused-ring (bicyclic) bond motifs is 1. The second-order valence-electron chi connectivity index (χ2n) is 4.93. The molecule has 1 aromatic carbocycles. The van der Waals surface area contributed by atoms with Crippen LogP contribution in [0.4, 0.5) is 10.1 Å². The van der Waals surface area contributed by atoms with Gasteiger partial charge in [0.15, 0.2) is 0 Å². The van der Waals surface area contributed by atoms with E-state index >= 15 is 0 Å². The minimum absolute atomic E-state index is 0.179. The zero-order valence-corrected chi connectivity index (χ0v) is 11.0. The van der Waals surface area contributed by atoms with Crippen molar-refractivity contribution < 1.29 is 18.7 Å². The second kappa shape index (κ2) is 4.67. The molecule has 2 aromatic rings. The molecule has 0 spiro atoms. The SMILES string of the molecule is Cc1oc(CN2CCc3ccc(F)cc32)cc1C(=O)O. The third kappa shape index (κ3) is 2.15. The van der Waals surface area contributed by atoms with E-state index in [2.05, 4.69) is 0 Å². The molecule has 0 bridgehead atoms. The summed E-state index contributed by atoms with van der Waals surface area (Å²) in [5.41, 5.74) is 2.14. The van der Waals surface area contributed by atoms with Crippen LogP contribution in [0.5, 0.6) is 0 Å². The molecule has 104 valence electrons. The molecule has 0 fully saturated rings. The topological polar surface area (TPSA) is 53.7 Å². The molecule has 5 heteroatoms. The highest BCUT2D eigenvalue weighted by atomic mass is 19.1. The van der Waals surface area contributed by atoms with E-state index in [9.17, 15) is 9.18 Å². The van der Waals surface area contributed by atoms with E-state index in [1.54, 1.807) is 13.0 Å². The fourth-order valence-electron chi connectivity index (χ4n) is 2.60. The molecule has 0 saturated heterocycles. The first-order valence-corrected chi connectivity index (χ1v) is 6.40. The first-order valence-electron chi connectivity index (χ1n) is 6.40. The molecule has 2 heterocycles. The van der Waals surface area contributed by atoms with Crippen molar-refractivity contribution in [3.05, 3.63) is 52.7 Å². The number of nitrogens with zero attached hydrogens (tertiary/aromatic N) is 1. The van der Waals surface area contributed by atoms with Gasteiger partial charge in [0, 0.05) is 12.2 Å². The van der Waals surface area contributed by atoms with Gasteiger partial charge >= 0.3 is 5.97 Å². The molecule has 1 aliphatic rings. The molecule has 20 heavy (non-hydrogen) atoms.